The van der Waals surface area contributed by atoms with Gasteiger partial charge in [0.25, 0.3) is 0 Å². The standard InChI is InChI=1S/C18H23N3OS/c1-13-5-4-6-14(9-13)10-15-11-19-17(23-15)20-16(22)18(7-8-18)12-21(2)3/h4-6,9,11H,7-8,10,12H2,1-3H3,(H,19,20,22). The van der Waals surface area contributed by atoms with Crippen LogP contribution in [0.2, 0.25) is 0 Å². The number of aryl methyl sites for hydroxylation is 1. The summed E-state index contributed by atoms with van der Waals surface area (Å²) in [6, 6.07) is 8.49. The number of amides is 1. The molecule has 1 aliphatic rings. The van der Waals surface area contributed by atoms with Gasteiger partial charge in [-0.25, -0.2) is 4.98 Å². The van der Waals surface area contributed by atoms with E-state index >= 15 is 0 Å². The third-order valence-corrected chi connectivity index (χ3v) is 5.10. The lowest BCUT2D eigenvalue weighted by Crippen LogP contribution is -2.33. The van der Waals surface area contributed by atoms with Gasteiger partial charge in [0.15, 0.2) is 5.13 Å². The normalized spacial score (nSPS) is 15.7. The maximum Gasteiger partial charge on any atom is 0.233 e. The highest BCUT2D eigenvalue weighted by molar-refractivity contribution is 7.15. The minimum Gasteiger partial charge on any atom is -0.308 e. The summed E-state index contributed by atoms with van der Waals surface area (Å²) in [5.74, 6) is 0.114. The third kappa shape index (κ3) is 3.98. The van der Waals surface area contributed by atoms with Gasteiger partial charge in [0.1, 0.15) is 0 Å². The maximum absolute atomic E-state index is 12.5. The van der Waals surface area contributed by atoms with Crippen molar-refractivity contribution in [2.24, 2.45) is 5.41 Å². The number of aromatic nitrogens is 1. The first kappa shape index (κ1) is 16.1. The molecule has 2 aromatic rings. The second kappa shape index (κ2) is 6.42. The fourth-order valence-corrected chi connectivity index (χ4v) is 3.75. The summed E-state index contributed by atoms with van der Waals surface area (Å²) in [5, 5.41) is 3.72. The van der Waals surface area contributed by atoms with E-state index in [1.807, 2.05) is 20.3 Å². The number of nitrogens with one attached hydrogen (secondary N) is 1. The Morgan fingerprint density at radius 2 is 2.17 bits per heavy atom. The minimum atomic E-state index is -0.203. The molecule has 122 valence electrons. The van der Waals surface area contributed by atoms with Crippen molar-refractivity contribution in [2.75, 3.05) is 26.0 Å². The fraction of sp³-hybridized carbons (Fsp3) is 0.444. The van der Waals surface area contributed by atoms with E-state index in [9.17, 15) is 4.79 Å². The highest BCUT2D eigenvalue weighted by Gasteiger charge is 2.50. The highest BCUT2D eigenvalue weighted by atomic mass is 32.1. The van der Waals surface area contributed by atoms with Gasteiger partial charge in [0, 0.05) is 24.0 Å². The molecule has 0 aliphatic heterocycles. The van der Waals surface area contributed by atoms with E-state index in [2.05, 4.69) is 46.4 Å². The van der Waals surface area contributed by atoms with Crippen LogP contribution < -0.4 is 5.32 Å². The largest absolute Gasteiger partial charge is 0.308 e. The molecule has 1 heterocycles. The van der Waals surface area contributed by atoms with E-state index in [-0.39, 0.29) is 11.3 Å². The molecule has 0 spiro atoms. The number of nitrogens with zero attached hydrogens (tertiary/aromatic N) is 2. The molecule has 0 atom stereocenters. The summed E-state index contributed by atoms with van der Waals surface area (Å²) in [6.45, 7) is 2.90. The van der Waals surface area contributed by atoms with Crippen LogP contribution in [-0.4, -0.2) is 36.4 Å². The zero-order valence-electron chi connectivity index (χ0n) is 13.9. The molecule has 4 nitrogen and oxygen atoms in total. The SMILES string of the molecule is Cc1cccc(Cc2cnc(NC(=O)C3(CN(C)C)CC3)s2)c1. The van der Waals surface area contributed by atoms with Crippen LogP contribution in [0.3, 0.4) is 0 Å². The van der Waals surface area contributed by atoms with Gasteiger partial charge in [0.05, 0.1) is 5.41 Å². The molecule has 1 aliphatic carbocycles. The Morgan fingerprint density at radius 3 is 2.83 bits per heavy atom. The van der Waals surface area contributed by atoms with Gasteiger partial charge in [-0.05, 0) is 39.4 Å². The van der Waals surface area contributed by atoms with Gasteiger partial charge in [-0.2, -0.15) is 0 Å². The van der Waals surface area contributed by atoms with Crippen molar-refractivity contribution < 1.29 is 4.79 Å². The summed E-state index contributed by atoms with van der Waals surface area (Å²) in [5.41, 5.74) is 2.34. The third-order valence-electron chi connectivity index (χ3n) is 4.19. The maximum atomic E-state index is 12.5. The van der Waals surface area contributed by atoms with Crippen molar-refractivity contribution in [3.05, 3.63) is 46.5 Å². The second-order valence-corrected chi connectivity index (χ2v) is 7.88. The molecule has 0 bridgehead atoms. The second-order valence-electron chi connectivity index (χ2n) is 6.77. The number of carbonyl (C=O) groups is 1. The predicted molar refractivity (Wildman–Crippen MR) is 94.9 cm³/mol. The molecule has 1 aromatic heterocycles. The molecule has 1 saturated carbocycles. The van der Waals surface area contributed by atoms with Gasteiger partial charge in [-0.3, -0.25) is 4.79 Å². The summed E-state index contributed by atoms with van der Waals surface area (Å²) in [6.07, 6.45) is 4.67. The number of carbonyl (C=O) groups excluding carboxylic acids is 1. The van der Waals surface area contributed by atoms with Crippen molar-refractivity contribution in [1.29, 1.82) is 0 Å². The predicted octanol–water partition coefficient (Wildman–Crippen LogP) is 3.32. The highest BCUT2D eigenvalue weighted by Crippen LogP contribution is 2.47. The summed E-state index contributed by atoms with van der Waals surface area (Å²) >= 11 is 1.57. The van der Waals surface area contributed by atoms with Gasteiger partial charge in [0.2, 0.25) is 5.91 Å². The lowest BCUT2D eigenvalue weighted by molar-refractivity contribution is -0.121. The van der Waals surface area contributed by atoms with Gasteiger partial charge in [-0.15, -0.1) is 11.3 Å². The molecule has 0 saturated heterocycles. The van der Waals surface area contributed by atoms with Crippen molar-refractivity contribution >= 4 is 22.4 Å². The van der Waals surface area contributed by atoms with E-state index < -0.39 is 0 Å². The molecule has 23 heavy (non-hydrogen) atoms. The fourth-order valence-electron chi connectivity index (χ4n) is 2.91. The molecule has 1 fully saturated rings. The van der Waals surface area contributed by atoms with E-state index in [1.165, 1.54) is 16.0 Å². The monoisotopic (exact) mass is 329 g/mol. The Kier molecular flexibility index (Phi) is 4.50. The smallest absolute Gasteiger partial charge is 0.233 e. The Balaban J connectivity index is 1.62. The van der Waals surface area contributed by atoms with Crippen molar-refractivity contribution in [3.8, 4) is 0 Å². The zero-order chi connectivity index (χ0) is 16.4. The quantitative estimate of drug-likeness (QED) is 0.884. The molecular formula is C18H23N3OS. The number of hydrogen-bond acceptors (Lipinski definition) is 4. The Hall–Kier alpha value is -1.72. The zero-order valence-corrected chi connectivity index (χ0v) is 14.7. The van der Waals surface area contributed by atoms with Crippen LogP contribution in [0.15, 0.2) is 30.5 Å². The van der Waals surface area contributed by atoms with Crippen molar-refractivity contribution in [1.82, 2.24) is 9.88 Å². The van der Waals surface area contributed by atoms with Gasteiger partial charge >= 0.3 is 0 Å². The van der Waals surface area contributed by atoms with E-state index in [0.29, 0.717) is 5.13 Å². The first-order chi connectivity index (χ1) is 11.0. The molecular weight excluding hydrogens is 306 g/mol. The van der Waals surface area contributed by atoms with Crippen molar-refractivity contribution in [3.63, 3.8) is 0 Å². The Labute approximate surface area is 141 Å². The average molecular weight is 329 g/mol. The molecule has 3 rings (SSSR count). The number of anilines is 1. The number of hydrogen-bond donors (Lipinski definition) is 1. The number of rotatable bonds is 6. The molecule has 0 radical (unpaired) electrons. The van der Waals surface area contributed by atoms with E-state index in [4.69, 9.17) is 0 Å². The van der Waals surface area contributed by atoms with Crippen LogP contribution >= 0.6 is 11.3 Å². The van der Waals surface area contributed by atoms with Gasteiger partial charge < -0.3 is 10.2 Å². The average Bonchev–Trinajstić information content (AvgIpc) is 3.12. The minimum absolute atomic E-state index is 0.114. The molecule has 1 N–H and O–H groups in total. The summed E-state index contributed by atoms with van der Waals surface area (Å²) < 4.78 is 0. The van der Waals surface area contributed by atoms with Gasteiger partial charge in [-0.1, -0.05) is 29.8 Å². The van der Waals surface area contributed by atoms with Crippen LogP contribution in [-0.2, 0) is 11.2 Å². The molecule has 1 aromatic carbocycles. The molecule has 0 unspecified atom stereocenters. The first-order valence-electron chi connectivity index (χ1n) is 7.93. The van der Waals surface area contributed by atoms with Crippen molar-refractivity contribution in [2.45, 2.75) is 26.2 Å². The lowest BCUT2D eigenvalue weighted by atomic mass is 10.1. The number of thiazole rings is 1. The lowest BCUT2D eigenvalue weighted by Gasteiger charge is -2.18. The summed E-state index contributed by atoms with van der Waals surface area (Å²) in [7, 11) is 4.02. The van der Waals surface area contributed by atoms with Crippen LogP contribution in [0.1, 0.15) is 28.8 Å². The summed E-state index contributed by atoms with van der Waals surface area (Å²) in [4.78, 5) is 20.1. The first-order valence-corrected chi connectivity index (χ1v) is 8.75. The molecule has 1 amide bonds. The van der Waals surface area contributed by atoms with Crippen LogP contribution in [0, 0.1) is 12.3 Å². The topological polar surface area (TPSA) is 45.2 Å². The van der Waals surface area contributed by atoms with Crippen LogP contribution in [0.25, 0.3) is 0 Å². The van der Waals surface area contributed by atoms with Crippen LogP contribution in [0.4, 0.5) is 5.13 Å². The molecule has 5 heteroatoms. The van der Waals surface area contributed by atoms with E-state index in [0.717, 1.165) is 25.8 Å². The Bertz CT molecular complexity index is 704. The number of benzene rings is 1. The van der Waals surface area contributed by atoms with Crippen LogP contribution in [0.5, 0.6) is 0 Å². The Morgan fingerprint density at radius 1 is 1.39 bits per heavy atom. The van der Waals surface area contributed by atoms with E-state index in [1.54, 1.807) is 11.3 Å².